The summed E-state index contributed by atoms with van der Waals surface area (Å²) in [5.74, 6) is 0.125. The van der Waals surface area contributed by atoms with Gasteiger partial charge in [0.1, 0.15) is 0 Å². The molecule has 5 nitrogen and oxygen atoms in total. The number of nitro benzene ring substituents is 1. The van der Waals surface area contributed by atoms with Crippen LogP contribution in [0, 0.1) is 10.1 Å². The predicted molar refractivity (Wildman–Crippen MR) is 61.9 cm³/mol. The van der Waals surface area contributed by atoms with E-state index in [-0.39, 0.29) is 17.1 Å². The first-order valence-corrected chi connectivity index (χ1v) is 5.62. The Labute approximate surface area is 98.2 Å². The van der Waals surface area contributed by atoms with Gasteiger partial charge in [-0.05, 0) is 31.4 Å². The van der Waals surface area contributed by atoms with E-state index >= 15 is 0 Å². The van der Waals surface area contributed by atoms with Gasteiger partial charge in [-0.1, -0.05) is 0 Å². The maximum Gasteiger partial charge on any atom is 0.269 e. The Balaban J connectivity index is 2.11. The van der Waals surface area contributed by atoms with Crippen molar-refractivity contribution < 1.29 is 9.72 Å². The van der Waals surface area contributed by atoms with Crippen LogP contribution >= 0.6 is 0 Å². The monoisotopic (exact) mass is 232 g/mol. The van der Waals surface area contributed by atoms with Gasteiger partial charge in [-0.15, -0.1) is 0 Å². The summed E-state index contributed by atoms with van der Waals surface area (Å²) in [6.07, 6.45) is 2.12. The van der Waals surface area contributed by atoms with Gasteiger partial charge < -0.3 is 4.90 Å². The number of carbonyl (C=O) groups excluding carboxylic acids is 1. The summed E-state index contributed by atoms with van der Waals surface area (Å²) in [6.45, 7) is 2.05. The predicted octanol–water partition coefficient (Wildman–Crippen LogP) is 2.04. The molecule has 2 aliphatic heterocycles. The van der Waals surface area contributed by atoms with Crippen molar-refractivity contribution >= 4 is 17.3 Å². The highest BCUT2D eigenvalue weighted by atomic mass is 16.6. The molecule has 88 valence electrons. The van der Waals surface area contributed by atoms with Gasteiger partial charge in [-0.3, -0.25) is 14.9 Å². The van der Waals surface area contributed by atoms with Crippen molar-refractivity contribution in [3.63, 3.8) is 0 Å². The van der Waals surface area contributed by atoms with Crippen molar-refractivity contribution in [1.82, 2.24) is 0 Å². The lowest BCUT2D eigenvalue weighted by atomic mass is 9.94. The molecule has 2 heterocycles. The smallest absolute Gasteiger partial charge is 0.269 e. The summed E-state index contributed by atoms with van der Waals surface area (Å²) < 4.78 is 0. The van der Waals surface area contributed by atoms with Gasteiger partial charge in [0.05, 0.1) is 4.92 Å². The molecule has 0 aliphatic carbocycles. The van der Waals surface area contributed by atoms with E-state index in [2.05, 4.69) is 0 Å². The molecule has 1 amide bonds. The third-order valence-corrected chi connectivity index (χ3v) is 3.75. The third kappa shape index (κ3) is 1.28. The summed E-state index contributed by atoms with van der Waals surface area (Å²) in [5.41, 5.74) is 1.69. The van der Waals surface area contributed by atoms with Crippen LogP contribution in [0.15, 0.2) is 18.2 Å². The number of hydrogen-bond acceptors (Lipinski definition) is 3. The Kier molecular flexibility index (Phi) is 1.85. The van der Waals surface area contributed by atoms with Crippen LogP contribution in [0.3, 0.4) is 0 Å². The van der Waals surface area contributed by atoms with Crippen LogP contribution in [0.25, 0.3) is 0 Å². The number of nitro groups is 1. The Bertz CT molecular complexity index is 541. The van der Waals surface area contributed by atoms with E-state index in [0.717, 1.165) is 24.1 Å². The summed E-state index contributed by atoms with van der Waals surface area (Å²) in [7, 11) is 0. The largest absolute Gasteiger partial charge is 0.306 e. The molecule has 5 heteroatoms. The summed E-state index contributed by atoms with van der Waals surface area (Å²) in [6, 6.07) is 4.75. The maximum atomic E-state index is 11.8. The zero-order chi connectivity index (χ0) is 12.2. The highest BCUT2D eigenvalue weighted by molar-refractivity contribution is 6.00. The first-order chi connectivity index (χ1) is 8.01. The molecule has 1 atom stereocenters. The van der Waals surface area contributed by atoms with Crippen LogP contribution < -0.4 is 4.90 Å². The average Bonchev–Trinajstić information content (AvgIpc) is 2.71. The fraction of sp³-hybridized carbons (Fsp3) is 0.417. The quantitative estimate of drug-likeness (QED) is 0.549. The molecule has 0 saturated carbocycles. The van der Waals surface area contributed by atoms with Gasteiger partial charge >= 0.3 is 0 Å². The fourth-order valence-corrected chi connectivity index (χ4v) is 2.95. The topological polar surface area (TPSA) is 63.5 Å². The number of benzene rings is 1. The van der Waals surface area contributed by atoms with Crippen LogP contribution in [-0.4, -0.2) is 16.4 Å². The SMILES string of the molecule is CC12CCC(=O)N1c1ccc([N+](=O)[O-])cc1C2. The molecular formula is C12H12N2O3. The first kappa shape index (κ1) is 10.3. The van der Waals surface area contributed by atoms with E-state index in [1.54, 1.807) is 12.1 Å². The number of hydrogen-bond donors (Lipinski definition) is 0. The average molecular weight is 232 g/mol. The second kappa shape index (κ2) is 3.06. The van der Waals surface area contributed by atoms with Gasteiger partial charge in [0.15, 0.2) is 0 Å². The van der Waals surface area contributed by atoms with E-state index in [1.165, 1.54) is 6.07 Å². The molecule has 0 radical (unpaired) electrons. The minimum absolute atomic E-state index is 0.0981. The molecule has 0 bridgehead atoms. The normalized spacial score (nSPS) is 25.9. The fourth-order valence-electron chi connectivity index (χ4n) is 2.95. The zero-order valence-electron chi connectivity index (χ0n) is 9.47. The molecule has 1 fully saturated rings. The summed E-state index contributed by atoms with van der Waals surface area (Å²) in [4.78, 5) is 24.0. The van der Waals surface area contributed by atoms with E-state index in [0.29, 0.717) is 6.42 Å². The summed E-state index contributed by atoms with van der Waals surface area (Å²) >= 11 is 0. The number of nitrogens with zero attached hydrogens (tertiary/aromatic N) is 2. The molecule has 0 N–H and O–H groups in total. The van der Waals surface area contributed by atoms with Crippen molar-refractivity contribution in [2.45, 2.75) is 31.7 Å². The number of carbonyl (C=O) groups is 1. The molecule has 17 heavy (non-hydrogen) atoms. The standard InChI is InChI=1S/C12H12N2O3/c1-12-5-4-11(15)13(12)10-3-2-9(14(16)17)6-8(10)7-12/h2-3,6H,4-5,7H2,1H3. The highest BCUT2D eigenvalue weighted by Crippen LogP contribution is 2.46. The lowest BCUT2D eigenvalue weighted by Gasteiger charge is -2.27. The van der Waals surface area contributed by atoms with Crippen molar-refractivity contribution in [3.8, 4) is 0 Å². The number of anilines is 1. The van der Waals surface area contributed by atoms with Crippen molar-refractivity contribution in [2.24, 2.45) is 0 Å². The van der Waals surface area contributed by atoms with Crippen LogP contribution in [0.2, 0.25) is 0 Å². The number of rotatable bonds is 1. The van der Waals surface area contributed by atoms with Crippen molar-refractivity contribution in [2.75, 3.05) is 4.90 Å². The number of non-ortho nitro benzene ring substituents is 1. The second-order valence-corrected chi connectivity index (χ2v) is 4.97. The third-order valence-electron chi connectivity index (χ3n) is 3.75. The molecule has 2 aliphatic rings. The van der Waals surface area contributed by atoms with Crippen molar-refractivity contribution in [1.29, 1.82) is 0 Å². The van der Waals surface area contributed by atoms with E-state index in [9.17, 15) is 14.9 Å². The van der Waals surface area contributed by atoms with Crippen molar-refractivity contribution in [3.05, 3.63) is 33.9 Å². The van der Waals surface area contributed by atoms with Crippen LogP contribution in [0.5, 0.6) is 0 Å². The van der Waals surface area contributed by atoms with Gasteiger partial charge in [0.2, 0.25) is 5.91 Å². The zero-order valence-corrected chi connectivity index (χ0v) is 9.47. The molecule has 1 saturated heterocycles. The molecule has 1 unspecified atom stereocenters. The van der Waals surface area contributed by atoms with Crippen LogP contribution in [0.1, 0.15) is 25.3 Å². The highest BCUT2D eigenvalue weighted by Gasteiger charge is 2.48. The lowest BCUT2D eigenvalue weighted by Crippen LogP contribution is -2.40. The second-order valence-electron chi connectivity index (χ2n) is 4.97. The first-order valence-electron chi connectivity index (χ1n) is 5.62. The van der Waals surface area contributed by atoms with E-state index in [1.807, 2.05) is 11.8 Å². The Morgan fingerprint density at radius 3 is 2.94 bits per heavy atom. The lowest BCUT2D eigenvalue weighted by molar-refractivity contribution is -0.384. The molecule has 3 rings (SSSR count). The van der Waals surface area contributed by atoms with E-state index in [4.69, 9.17) is 0 Å². The molecule has 1 aromatic rings. The van der Waals surface area contributed by atoms with Gasteiger partial charge in [-0.2, -0.15) is 0 Å². The number of fused-ring (bicyclic) bond motifs is 3. The molecular weight excluding hydrogens is 220 g/mol. The van der Waals surface area contributed by atoms with Gasteiger partial charge in [0.25, 0.3) is 5.69 Å². The Morgan fingerprint density at radius 2 is 2.24 bits per heavy atom. The molecule has 1 aromatic carbocycles. The molecule has 0 aromatic heterocycles. The van der Waals surface area contributed by atoms with Crippen LogP contribution in [-0.2, 0) is 11.2 Å². The minimum Gasteiger partial charge on any atom is -0.306 e. The Hall–Kier alpha value is -1.91. The van der Waals surface area contributed by atoms with E-state index < -0.39 is 4.92 Å². The Morgan fingerprint density at radius 1 is 1.47 bits per heavy atom. The minimum atomic E-state index is -0.395. The summed E-state index contributed by atoms with van der Waals surface area (Å²) in [5, 5.41) is 10.7. The van der Waals surface area contributed by atoms with Gasteiger partial charge in [0, 0.05) is 29.8 Å². The van der Waals surface area contributed by atoms with Crippen LogP contribution in [0.4, 0.5) is 11.4 Å². The number of amides is 1. The maximum absolute atomic E-state index is 11.8. The molecule has 0 spiro atoms. The van der Waals surface area contributed by atoms with Gasteiger partial charge in [-0.25, -0.2) is 0 Å².